The van der Waals surface area contributed by atoms with Gasteiger partial charge in [-0.15, -0.1) is 0 Å². The fraction of sp³-hybridized carbons (Fsp3) is 0.706. The molecule has 1 unspecified atom stereocenters. The van der Waals surface area contributed by atoms with Crippen LogP contribution in [0.2, 0.25) is 6.82 Å². The number of nitrogens with zero attached hydrogens (tertiary/aromatic N) is 2. The number of amides is 4. The quantitative estimate of drug-likeness (QED) is 0.463. The highest BCUT2D eigenvalue weighted by Gasteiger charge is 2.48. The summed E-state index contributed by atoms with van der Waals surface area (Å²) in [5.41, 5.74) is 2.58. The van der Waals surface area contributed by atoms with E-state index in [1.807, 2.05) is 40.6 Å². The molecule has 2 fully saturated rings. The van der Waals surface area contributed by atoms with Gasteiger partial charge in [0.05, 0.1) is 13.2 Å². The first kappa shape index (κ1) is 34.1. The number of hydrogen-bond acceptors (Lipinski definition) is 7. The van der Waals surface area contributed by atoms with Crippen LogP contribution in [0.5, 0.6) is 0 Å². The Bertz CT molecular complexity index is 1320. The van der Waals surface area contributed by atoms with E-state index in [0.717, 1.165) is 31.2 Å². The molecule has 5 atom stereocenters. The lowest BCUT2D eigenvalue weighted by Gasteiger charge is -2.35. The van der Waals surface area contributed by atoms with Crippen molar-refractivity contribution >= 4 is 30.9 Å². The van der Waals surface area contributed by atoms with Crippen molar-refractivity contribution in [3.05, 3.63) is 34.9 Å². The molecule has 1 aromatic rings. The maximum atomic E-state index is 14.3. The Hall–Kier alpha value is -3.28. The molecule has 0 aromatic heterocycles. The minimum Gasteiger partial charge on any atom is -0.449 e. The molecule has 1 aromatic carbocycles. The van der Waals surface area contributed by atoms with Crippen LogP contribution in [0, 0.1) is 16.7 Å². The van der Waals surface area contributed by atoms with Gasteiger partial charge >= 0.3 is 19.1 Å². The molecule has 46 heavy (non-hydrogen) atoms. The summed E-state index contributed by atoms with van der Waals surface area (Å²) in [4.78, 5) is 57.9. The van der Waals surface area contributed by atoms with Gasteiger partial charge < -0.3 is 29.7 Å². The summed E-state index contributed by atoms with van der Waals surface area (Å²) in [6.45, 7) is 15.2. The molecule has 0 radical (unpaired) electrons. The number of aryl methyl sites for hydroxylation is 1. The Morgan fingerprint density at radius 3 is 2.54 bits per heavy atom. The van der Waals surface area contributed by atoms with Crippen molar-refractivity contribution in [1.82, 2.24) is 20.4 Å². The molecular formula is C34H51BN4O7. The normalized spacial score (nSPS) is 29.2. The van der Waals surface area contributed by atoms with Crippen molar-refractivity contribution in [2.75, 3.05) is 19.8 Å². The molecule has 12 heteroatoms. The fourth-order valence-corrected chi connectivity index (χ4v) is 7.17. The molecule has 0 saturated carbocycles. The van der Waals surface area contributed by atoms with Gasteiger partial charge in [-0.25, -0.2) is 9.59 Å². The molecule has 4 aliphatic heterocycles. The van der Waals surface area contributed by atoms with E-state index in [4.69, 9.17) is 14.1 Å². The number of alkyl carbamates (subject to hydrolysis) is 1. The van der Waals surface area contributed by atoms with Gasteiger partial charge in [0.2, 0.25) is 11.8 Å². The number of ether oxygens (including phenoxy) is 2. The summed E-state index contributed by atoms with van der Waals surface area (Å²) < 4.78 is 17.4. The van der Waals surface area contributed by atoms with Crippen LogP contribution in [-0.4, -0.2) is 84.6 Å². The predicted molar refractivity (Wildman–Crippen MR) is 174 cm³/mol. The maximum absolute atomic E-state index is 14.3. The molecule has 4 heterocycles. The van der Waals surface area contributed by atoms with Gasteiger partial charge in [0.15, 0.2) is 0 Å². The Morgan fingerprint density at radius 2 is 1.85 bits per heavy atom. The second-order valence-electron chi connectivity index (χ2n) is 15.6. The first-order valence-corrected chi connectivity index (χ1v) is 16.8. The molecule has 0 spiro atoms. The Labute approximate surface area is 273 Å². The third-order valence-corrected chi connectivity index (χ3v) is 10.0. The summed E-state index contributed by atoms with van der Waals surface area (Å²) >= 11 is 0. The summed E-state index contributed by atoms with van der Waals surface area (Å²) in [5, 5.41) is 5.92. The summed E-state index contributed by atoms with van der Waals surface area (Å²) in [6.07, 6.45) is 2.03. The van der Waals surface area contributed by atoms with Crippen LogP contribution in [0.4, 0.5) is 9.59 Å². The zero-order chi connectivity index (χ0) is 33.4. The zero-order valence-electron chi connectivity index (χ0n) is 28.5. The van der Waals surface area contributed by atoms with E-state index in [2.05, 4.69) is 36.6 Å². The number of fused-ring (bicyclic) bond motifs is 3. The van der Waals surface area contributed by atoms with Gasteiger partial charge in [0.1, 0.15) is 18.2 Å². The highest BCUT2D eigenvalue weighted by Crippen LogP contribution is 2.32. The number of cyclic esters (lactones) is 1. The van der Waals surface area contributed by atoms with E-state index in [0.29, 0.717) is 19.7 Å². The van der Waals surface area contributed by atoms with Crippen molar-refractivity contribution in [3.8, 4) is 0 Å². The molecule has 4 bridgehead atoms. The van der Waals surface area contributed by atoms with Gasteiger partial charge in [0.25, 0.3) is 0 Å². The van der Waals surface area contributed by atoms with Crippen LogP contribution < -0.4 is 10.6 Å². The Morgan fingerprint density at radius 1 is 1.11 bits per heavy atom. The first-order valence-electron chi connectivity index (χ1n) is 16.8. The largest absolute Gasteiger partial charge is 0.449 e. The van der Waals surface area contributed by atoms with E-state index in [-0.39, 0.29) is 49.7 Å². The predicted octanol–water partition coefficient (Wildman–Crippen LogP) is 4.31. The van der Waals surface area contributed by atoms with E-state index in [1.54, 1.807) is 4.90 Å². The Kier molecular flexibility index (Phi) is 9.96. The number of carbonyl (C=O) groups is 4. The second-order valence-corrected chi connectivity index (χ2v) is 15.6. The van der Waals surface area contributed by atoms with Crippen molar-refractivity contribution in [3.63, 3.8) is 0 Å². The molecule has 11 nitrogen and oxygen atoms in total. The fourth-order valence-electron chi connectivity index (χ4n) is 7.17. The minimum atomic E-state index is -0.974. The average Bonchev–Trinajstić information content (AvgIpc) is 3.70. The summed E-state index contributed by atoms with van der Waals surface area (Å²) in [6, 6.07) is 4.37. The summed E-state index contributed by atoms with van der Waals surface area (Å²) in [7, 11) is 0. The van der Waals surface area contributed by atoms with Crippen LogP contribution in [-0.2, 0) is 43.2 Å². The third kappa shape index (κ3) is 7.64. The molecule has 5 rings (SSSR count). The molecule has 2 saturated heterocycles. The highest BCUT2D eigenvalue weighted by molar-refractivity contribution is 6.53. The van der Waals surface area contributed by atoms with Gasteiger partial charge in [0, 0.05) is 32.1 Å². The standard InChI is InChI=1S/C34H51BN4O7/c1-21-19-45-35(7)28(21)37-29(40)26-15-24-17-39(26)30(41)27(33(2,3)4)36-31(42)44-20-34(5,6)14-9-8-11-22-12-10-13-23-16-38(18-25(22)23)32(43)46-24/h10,12-13,21,24,26-28H,8-9,11,14-20H2,1-7H3,(H,36,42)(H,37,40)/t21-,24-,26+,27-,28?/m1/s1. The molecule has 4 aliphatic rings. The third-order valence-electron chi connectivity index (χ3n) is 10.0. The number of carbonyl (C=O) groups excluding carboxylic acids is 4. The zero-order valence-corrected chi connectivity index (χ0v) is 28.5. The first-order chi connectivity index (χ1) is 21.6. The lowest BCUT2D eigenvalue weighted by Crippen LogP contribution is -2.59. The lowest BCUT2D eigenvalue weighted by molar-refractivity contribution is -0.142. The van der Waals surface area contributed by atoms with E-state index >= 15 is 0 Å². The molecule has 0 aliphatic carbocycles. The average molecular weight is 639 g/mol. The van der Waals surface area contributed by atoms with Gasteiger partial charge in [-0.2, -0.15) is 0 Å². The van der Waals surface area contributed by atoms with Gasteiger partial charge in [-0.1, -0.05) is 73.0 Å². The molecule has 2 N–H and O–H groups in total. The number of nitrogens with one attached hydrogen (secondary N) is 2. The van der Waals surface area contributed by atoms with E-state index in [9.17, 15) is 19.2 Å². The highest BCUT2D eigenvalue weighted by atomic mass is 16.6. The smallest absolute Gasteiger partial charge is 0.410 e. The second kappa shape index (κ2) is 13.5. The Balaban J connectivity index is 1.42. The summed E-state index contributed by atoms with van der Waals surface area (Å²) in [5.74, 6) is -0.840. The van der Waals surface area contributed by atoms with Crippen LogP contribution in [0.15, 0.2) is 18.2 Å². The van der Waals surface area contributed by atoms with Crippen molar-refractivity contribution in [1.29, 1.82) is 0 Å². The van der Waals surface area contributed by atoms with Crippen LogP contribution >= 0.6 is 0 Å². The number of benzene rings is 1. The monoisotopic (exact) mass is 638 g/mol. The van der Waals surface area contributed by atoms with Gasteiger partial charge in [-0.3, -0.25) is 14.5 Å². The van der Waals surface area contributed by atoms with Crippen molar-refractivity contribution in [2.24, 2.45) is 16.7 Å². The van der Waals surface area contributed by atoms with E-state index < -0.39 is 41.7 Å². The topological polar surface area (TPSA) is 127 Å². The van der Waals surface area contributed by atoms with Crippen LogP contribution in [0.3, 0.4) is 0 Å². The van der Waals surface area contributed by atoms with Crippen LogP contribution in [0.1, 0.15) is 83.9 Å². The number of rotatable bonds is 2. The maximum Gasteiger partial charge on any atom is 0.410 e. The number of hydrogen-bond donors (Lipinski definition) is 2. The molecule has 4 amide bonds. The van der Waals surface area contributed by atoms with Crippen LogP contribution in [0.25, 0.3) is 0 Å². The minimum absolute atomic E-state index is 0.0390. The molecular weight excluding hydrogens is 587 g/mol. The lowest BCUT2D eigenvalue weighted by atomic mass is 9.61. The molecule has 252 valence electrons. The SMILES string of the molecule is CB1OC[C@@H](C)C1NC(=O)[C@@H]1C[C@@H]2CN1C(=O)[C@H](C(C)(C)C)NC(=O)OCC(C)(C)CCCCc1cccc3c1CN(C3)C(=O)O2. The van der Waals surface area contributed by atoms with Crippen molar-refractivity contribution < 1.29 is 33.3 Å². The van der Waals surface area contributed by atoms with E-state index in [1.165, 1.54) is 16.0 Å². The van der Waals surface area contributed by atoms with Crippen molar-refractivity contribution in [2.45, 2.75) is 118 Å². The van der Waals surface area contributed by atoms with Gasteiger partial charge in [-0.05, 0) is 52.7 Å².